The average Bonchev–Trinajstić information content (AvgIpc) is 2.92. The van der Waals surface area contributed by atoms with Crippen molar-refractivity contribution in [3.63, 3.8) is 0 Å². The molecule has 0 aromatic carbocycles. The van der Waals surface area contributed by atoms with E-state index in [4.69, 9.17) is 0 Å². The van der Waals surface area contributed by atoms with Gasteiger partial charge in [0.1, 0.15) is 5.82 Å². The predicted molar refractivity (Wildman–Crippen MR) is 77.1 cm³/mol. The van der Waals surface area contributed by atoms with Crippen LogP contribution < -0.4 is 5.32 Å². The maximum Gasteiger partial charge on any atom is 0.125 e. The Kier molecular flexibility index (Phi) is 5.00. The van der Waals surface area contributed by atoms with Crippen LogP contribution in [-0.4, -0.2) is 36.1 Å². The smallest absolute Gasteiger partial charge is 0.125 e. The van der Waals surface area contributed by atoms with Crippen LogP contribution in [0.1, 0.15) is 44.6 Å². The van der Waals surface area contributed by atoms with Crippen LogP contribution in [0.15, 0.2) is 18.3 Å². The highest BCUT2D eigenvalue weighted by Gasteiger charge is 2.10. The number of anilines is 1. The standard InChI is InChI=1S/C15H25N3/c1-3-13(2)14-6-7-15(17-12-14)16-8-11-18-9-4-5-10-18/h6-7,12-13H,3-5,8-11H2,1-2H3,(H,16,17)/t13-/m0/s1. The third kappa shape index (κ3) is 3.70. The molecule has 1 N–H and O–H groups in total. The van der Waals surface area contributed by atoms with Gasteiger partial charge in [0, 0.05) is 19.3 Å². The molecule has 1 aliphatic heterocycles. The summed E-state index contributed by atoms with van der Waals surface area (Å²) in [5.74, 6) is 1.61. The molecule has 0 bridgehead atoms. The zero-order chi connectivity index (χ0) is 12.8. The molecular weight excluding hydrogens is 222 g/mol. The minimum Gasteiger partial charge on any atom is -0.369 e. The van der Waals surface area contributed by atoms with Crippen molar-refractivity contribution >= 4 is 5.82 Å². The lowest BCUT2D eigenvalue weighted by Crippen LogP contribution is -2.26. The van der Waals surface area contributed by atoms with E-state index < -0.39 is 0 Å². The summed E-state index contributed by atoms with van der Waals surface area (Å²) in [5.41, 5.74) is 1.34. The topological polar surface area (TPSA) is 28.2 Å². The number of nitrogens with one attached hydrogen (secondary N) is 1. The first-order chi connectivity index (χ1) is 8.79. The monoisotopic (exact) mass is 247 g/mol. The number of likely N-dealkylation sites (tertiary alicyclic amines) is 1. The maximum absolute atomic E-state index is 4.48. The molecule has 0 saturated carbocycles. The molecule has 1 aliphatic rings. The summed E-state index contributed by atoms with van der Waals surface area (Å²) in [7, 11) is 0. The molecule has 1 aromatic heterocycles. The second-order valence-corrected chi connectivity index (χ2v) is 5.26. The van der Waals surface area contributed by atoms with E-state index in [1.54, 1.807) is 0 Å². The summed E-state index contributed by atoms with van der Waals surface area (Å²) in [4.78, 5) is 7.00. The van der Waals surface area contributed by atoms with Crippen LogP contribution in [0, 0.1) is 0 Å². The third-order valence-corrected chi connectivity index (χ3v) is 3.90. The van der Waals surface area contributed by atoms with Gasteiger partial charge >= 0.3 is 0 Å². The molecule has 0 aliphatic carbocycles. The largest absolute Gasteiger partial charge is 0.369 e. The van der Waals surface area contributed by atoms with E-state index in [2.05, 4.69) is 41.2 Å². The normalized spacial score (nSPS) is 17.9. The second kappa shape index (κ2) is 6.74. The number of hydrogen-bond acceptors (Lipinski definition) is 3. The summed E-state index contributed by atoms with van der Waals surface area (Å²) in [5, 5.41) is 3.40. The van der Waals surface area contributed by atoms with Crippen molar-refractivity contribution in [1.82, 2.24) is 9.88 Å². The van der Waals surface area contributed by atoms with Gasteiger partial charge in [0.2, 0.25) is 0 Å². The Morgan fingerprint density at radius 1 is 1.33 bits per heavy atom. The Hall–Kier alpha value is -1.09. The fourth-order valence-electron chi connectivity index (χ4n) is 2.39. The average molecular weight is 247 g/mol. The van der Waals surface area contributed by atoms with Gasteiger partial charge in [0.25, 0.3) is 0 Å². The molecule has 2 heterocycles. The summed E-state index contributed by atoms with van der Waals surface area (Å²) in [6.07, 6.45) is 5.90. The van der Waals surface area contributed by atoms with Crippen LogP contribution in [0.25, 0.3) is 0 Å². The molecule has 3 nitrogen and oxygen atoms in total. The van der Waals surface area contributed by atoms with Crippen LogP contribution >= 0.6 is 0 Å². The fraction of sp³-hybridized carbons (Fsp3) is 0.667. The second-order valence-electron chi connectivity index (χ2n) is 5.26. The zero-order valence-electron chi connectivity index (χ0n) is 11.7. The molecule has 1 saturated heterocycles. The quantitative estimate of drug-likeness (QED) is 0.837. The number of nitrogens with zero attached hydrogens (tertiary/aromatic N) is 2. The van der Waals surface area contributed by atoms with Crippen molar-refractivity contribution in [2.45, 2.75) is 39.0 Å². The van der Waals surface area contributed by atoms with E-state index >= 15 is 0 Å². The van der Waals surface area contributed by atoms with E-state index in [1.165, 1.54) is 37.9 Å². The number of rotatable bonds is 6. The van der Waals surface area contributed by atoms with Gasteiger partial charge in [-0.25, -0.2) is 4.98 Å². The summed E-state index contributed by atoms with van der Waals surface area (Å²) < 4.78 is 0. The lowest BCUT2D eigenvalue weighted by Gasteiger charge is -2.15. The lowest BCUT2D eigenvalue weighted by molar-refractivity contribution is 0.352. The number of hydrogen-bond donors (Lipinski definition) is 1. The first-order valence-electron chi connectivity index (χ1n) is 7.21. The minimum absolute atomic E-state index is 0.608. The number of aromatic nitrogens is 1. The molecule has 0 radical (unpaired) electrons. The van der Waals surface area contributed by atoms with Crippen molar-refractivity contribution in [3.05, 3.63) is 23.9 Å². The van der Waals surface area contributed by atoms with Crippen LogP contribution in [0.3, 0.4) is 0 Å². The Morgan fingerprint density at radius 2 is 2.11 bits per heavy atom. The fourth-order valence-corrected chi connectivity index (χ4v) is 2.39. The Balaban J connectivity index is 1.75. The third-order valence-electron chi connectivity index (χ3n) is 3.90. The van der Waals surface area contributed by atoms with Gasteiger partial charge in [0.05, 0.1) is 0 Å². The van der Waals surface area contributed by atoms with Gasteiger partial charge < -0.3 is 10.2 Å². The van der Waals surface area contributed by atoms with E-state index in [-0.39, 0.29) is 0 Å². The Morgan fingerprint density at radius 3 is 2.72 bits per heavy atom. The molecule has 1 atom stereocenters. The maximum atomic E-state index is 4.48. The van der Waals surface area contributed by atoms with Crippen LogP contribution in [0.4, 0.5) is 5.82 Å². The van der Waals surface area contributed by atoms with E-state index in [0.717, 1.165) is 18.9 Å². The zero-order valence-corrected chi connectivity index (χ0v) is 11.7. The van der Waals surface area contributed by atoms with Crippen LogP contribution in [-0.2, 0) is 0 Å². The summed E-state index contributed by atoms with van der Waals surface area (Å²) >= 11 is 0. The van der Waals surface area contributed by atoms with Crippen molar-refractivity contribution in [2.24, 2.45) is 0 Å². The van der Waals surface area contributed by atoms with Crippen LogP contribution in [0.5, 0.6) is 0 Å². The molecule has 18 heavy (non-hydrogen) atoms. The molecule has 1 fully saturated rings. The SMILES string of the molecule is CC[C@H](C)c1ccc(NCCN2CCCC2)nc1. The van der Waals surface area contributed by atoms with E-state index in [0.29, 0.717) is 5.92 Å². The molecule has 1 aromatic rings. The van der Waals surface area contributed by atoms with E-state index in [9.17, 15) is 0 Å². The van der Waals surface area contributed by atoms with Gasteiger partial charge in [-0.05, 0) is 49.9 Å². The van der Waals surface area contributed by atoms with Crippen molar-refractivity contribution in [3.8, 4) is 0 Å². The number of pyridine rings is 1. The van der Waals surface area contributed by atoms with Gasteiger partial charge in [0.15, 0.2) is 0 Å². The van der Waals surface area contributed by atoms with Crippen molar-refractivity contribution < 1.29 is 0 Å². The molecule has 0 amide bonds. The van der Waals surface area contributed by atoms with Crippen molar-refractivity contribution in [2.75, 3.05) is 31.5 Å². The van der Waals surface area contributed by atoms with Crippen molar-refractivity contribution in [1.29, 1.82) is 0 Å². The van der Waals surface area contributed by atoms with Crippen LogP contribution in [0.2, 0.25) is 0 Å². The minimum atomic E-state index is 0.608. The molecule has 3 heteroatoms. The highest BCUT2D eigenvalue weighted by Crippen LogP contribution is 2.18. The Labute approximate surface area is 111 Å². The van der Waals surface area contributed by atoms with Gasteiger partial charge in [-0.15, -0.1) is 0 Å². The molecule has 0 spiro atoms. The summed E-state index contributed by atoms with van der Waals surface area (Å²) in [6.45, 7) is 9.12. The highest BCUT2D eigenvalue weighted by molar-refractivity contribution is 5.36. The lowest BCUT2D eigenvalue weighted by atomic mass is 10.0. The van der Waals surface area contributed by atoms with Gasteiger partial charge in [-0.2, -0.15) is 0 Å². The van der Waals surface area contributed by atoms with Gasteiger partial charge in [-0.3, -0.25) is 0 Å². The predicted octanol–water partition coefficient (Wildman–Crippen LogP) is 3.10. The first-order valence-corrected chi connectivity index (χ1v) is 7.21. The molecule has 100 valence electrons. The molecule has 2 rings (SSSR count). The Bertz CT molecular complexity index is 341. The van der Waals surface area contributed by atoms with Gasteiger partial charge in [-0.1, -0.05) is 19.9 Å². The summed E-state index contributed by atoms with van der Waals surface area (Å²) in [6, 6.07) is 4.30. The first kappa shape index (κ1) is 13.3. The molecule has 0 unspecified atom stereocenters. The molecular formula is C15H25N3. The van der Waals surface area contributed by atoms with E-state index in [1.807, 2.05) is 6.20 Å². The highest BCUT2D eigenvalue weighted by atomic mass is 15.2.